The van der Waals surface area contributed by atoms with Gasteiger partial charge in [-0.2, -0.15) is 4.31 Å². The molecule has 110 valence electrons. The Morgan fingerprint density at radius 2 is 1.90 bits per heavy atom. The normalized spacial score (nSPS) is 15.3. The predicted molar refractivity (Wildman–Crippen MR) is 81.9 cm³/mol. The van der Waals surface area contributed by atoms with Crippen molar-refractivity contribution in [1.82, 2.24) is 14.3 Å². The van der Waals surface area contributed by atoms with Crippen molar-refractivity contribution in [2.75, 3.05) is 0 Å². The van der Waals surface area contributed by atoms with E-state index < -0.39 is 10.0 Å². The van der Waals surface area contributed by atoms with Crippen LogP contribution < -0.4 is 0 Å². The summed E-state index contributed by atoms with van der Waals surface area (Å²) >= 11 is 3.27. The number of hydrogen-bond donors (Lipinski definition) is 0. The van der Waals surface area contributed by atoms with Gasteiger partial charge in [0.05, 0.1) is 0 Å². The molecule has 0 aliphatic heterocycles. The lowest BCUT2D eigenvalue weighted by Crippen LogP contribution is -2.32. The maximum Gasteiger partial charge on any atom is 0.245 e. The third kappa shape index (κ3) is 3.30. The molecule has 1 aliphatic carbocycles. The fourth-order valence-corrected chi connectivity index (χ4v) is 4.29. The van der Waals surface area contributed by atoms with Crippen LogP contribution in [0.25, 0.3) is 0 Å². The lowest BCUT2D eigenvalue weighted by molar-refractivity contribution is 0.398. The molecule has 0 radical (unpaired) electrons. The van der Waals surface area contributed by atoms with Gasteiger partial charge >= 0.3 is 0 Å². The highest BCUT2D eigenvalue weighted by Gasteiger charge is 2.38. The molecule has 2 aromatic rings. The zero-order valence-corrected chi connectivity index (χ0v) is 13.6. The molecule has 0 amide bonds. The Hall–Kier alpha value is -1.31. The minimum atomic E-state index is -3.54. The van der Waals surface area contributed by atoms with E-state index in [2.05, 4.69) is 25.9 Å². The summed E-state index contributed by atoms with van der Waals surface area (Å²) in [6.45, 7) is 0.363. The van der Waals surface area contributed by atoms with Crippen LogP contribution in [0.2, 0.25) is 0 Å². The molecule has 0 saturated heterocycles. The zero-order valence-electron chi connectivity index (χ0n) is 11.2. The van der Waals surface area contributed by atoms with Gasteiger partial charge in [-0.1, -0.05) is 0 Å². The van der Waals surface area contributed by atoms with Crippen molar-refractivity contribution in [2.24, 2.45) is 0 Å². The Labute approximate surface area is 132 Å². The monoisotopic (exact) mass is 367 g/mol. The molecule has 0 spiro atoms. The lowest BCUT2D eigenvalue weighted by atomic mass is 10.3. The van der Waals surface area contributed by atoms with E-state index in [4.69, 9.17) is 0 Å². The molecule has 3 rings (SSSR count). The van der Waals surface area contributed by atoms with E-state index in [0.29, 0.717) is 11.0 Å². The van der Waals surface area contributed by atoms with Crippen LogP contribution in [-0.2, 0) is 16.6 Å². The summed E-state index contributed by atoms with van der Waals surface area (Å²) in [6, 6.07) is 5.35. The first kappa shape index (κ1) is 14.6. The number of nitrogens with zero attached hydrogens (tertiary/aromatic N) is 3. The molecule has 5 nitrogen and oxygen atoms in total. The van der Waals surface area contributed by atoms with Gasteiger partial charge < -0.3 is 0 Å². The van der Waals surface area contributed by atoms with Gasteiger partial charge in [0.1, 0.15) is 4.90 Å². The summed E-state index contributed by atoms with van der Waals surface area (Å²) in [5.74, 6) is 0. The van der Waals surface area contributed by atoms with Crippen LogP contribution in [0.5, 0.6) is 0 Å². The van der Waals surface area contributed by atoms with Gasteiger partial charge in [-0.3, -0.25) is 9.97 Å². The number of aromatic nitrogens is 2. The molecule has 0 unspecified atom stereocenters. The van der Waals surface area contributed by atoms with Crippen molar-refractivity contribution in [3.05, 3.63) is 53.0 Å². The maximum absolute atomic E-state index is 12.8. The van der Waals surface area contributed by atoms with Gasteiger partial charge in [0.15, 0.2) is 0 Å². The highest BCUT2D eigenvalue weighted by molar-refractivity contribution is 9.10. The minimum Gasteiger partial charge on any atom is -0.265 e. The summed E-state index contributed by atoms with van der Waals surface area (Å²) in [5.41, 5.74) is 0.934. The van der Waals surface area contributed by atoms with Crippen molar-refractivity contribution in [3.8, 4) is 0 Å². The number of hydrogen-bond acceptors (Lipinski definition) is 4. The summed E-state index contributed by atoms with van der Waals surface area (Å²) < 4.78 is 27.9. The van der Waals surface area contributed by atoms with Crippen LogP contribution in [0.15, 0.2) is 52.4 Å². The third-order valence-corrected chi connectivity index (χ3v) is 5.63. The van der Waals surface area contributed by atoms with Crippen molar-refractivity contribution in [3.63, 3.8) is 0 Å². The summed E-state index contributed by atoms with van der Waals surface area (Å²) in [7, 11) is -3.54. The first-order chi connectivity index (χ1) is 10.1. The van der Waals surface area contributed by atoms with Gasteiger partial charge in [-0.25, -0.2) is 8.42 Å². The SMILES string of the molecule is O=S(=O)(c1cncc(Br)c1)N(Cc1ccncc1)C1CC1. The Balaban J connectivity index is 1.93. The Bertz CT molecular complexity index is 733. The van der Waals surface area contributed by atoms with E-state index in [-0.39, 0.29) is 10.9 Å². The molecule has 1 fully saturated rings. The van der Waals surface area contributed by atoms with E-state index >= 15 is 0 Å². The van der Waals surface area contributed by atoms with Gasteiger partial charge in [0.25, 0.3) is 0 Å². The van der Waals surface area contributed by atoms with Crippen molar-refractivity contribution >= 4 is 26.0 Å². The van der Waals surface area contributed by atoms with Gasteiger partial charge in [-0.05, 0) is 52.5 Å². The molecule has 2 heterocycles. The quantitative estimate of drug-likeness (QED) is 0.814. The van der Waals surface area contributed by atoms with Crippen molar-refractivity contribution in [1.29, 1.82) is 0 Å². The Morgan fingerprint density at radius 3 is 2.52 bits per heavy atom. The summed E-state index contributed by atoms with van der Waals surface area (Å²) in [6.07, 6.45) is 8.13. The average Bonchev–Trinajstić information content (AvgIpc) is 3.30. The number of sulfonamides is 1. The van der Waals surface area contributed by atoms with E-state index in [9.17, 15) is 8.42 Å². The van der Waals surface area contributed by atoms with Crippen molar-refractivity contribution < 1.29 is 8.42 Å². The standard InChI is InChI=1S/C14H14BrN3O2S/c15-12-7-14(9-17-8-12)21(19,20)18(13-1-2-13)10-11-3-5-16-6-4-11/h3-9,13H,1-2,10H2. The molecule has 1 aliphatic rings. The second kappa shape index (κ2) is 5.82. The van der Waals surface area contributed by atoms with Crippen LogP contribution >= 0.6 is 15.9 Å². The molecular weight excluding hydrogens is 354 g/mol. The molecule has 0 bridgehead atoms. The summed E-state index contributed by atoms with van der Waals surface area (Å²) in [5, 5.41) is 0. The fraction of sp³-hybridized carbons (Fsp3) is 0.286. The Morgan fingerprint density at radius 1 is 1.19 bits per heavy atom. The first-order valence-corrected chi connectivity index (χ1v) is 8.82. The van der Waals surface area contributed by atoms with E-state index in [1.165, 1.54) is 6.20 Å². The highest BCUT2D eigenvalue weighted by atomic mass is 79.9. The van der Waals surface area contributed by atoms with Gasteiger partial charge in [0, 0.05) is 41.8 Å². The van der Waals surface area contributed by atoms with Crippen LogP contribution in [0.1, 0.15) is 18.4 Å². The molecule has 2 aromatic heterocycles. The molecule has 1 saturated carbocycles. The maximum atomic E-state index is 12.8. The van der Waals surface area contributed by atoms with Crippen molar-refractivity contribution in [2.45, 2.75) is 30.3 Å². The van der Waals surface area contributed by atoms with E-state index in [0.717, 1.165) is 18.4 Å². The van der Waals surface area contributed by atoms with E-state index in [1.807, 2.05) is 12.1 Å². The van der Waals surface area contributed by atoms with Crippen LogP contribution in [0.3, 0.4) is 0 Å². The number of rotatable bonds is 5. The third-order valence-electron chi connectivity index (χ3n) is 3.33. The molecule has 0 aromatic carbocycles. The van der Waals surface area contributed by atoms with Crippen LogP contribution in [0, 0.1) is 0 Å². The highest BCUT2D eigenvalue weighted by Crippen LogP contribution is 2.33. The molecule has 0 N–H and O–H groups in total. The second-order valence-corrected chi connectivity index (χ2v) is 7.78. The predicted octanol–water partition coefficient (Wildman–Crippen LogP) is 2.59. The molecular formula is C14H14BrN3O2S. The molecule has 21 heavy (non-hydrogen) atoms. The lowest BCUT2D eigenvalue weighted by Gasteiger charge is -2.21. The first-order valence-electron chi connectivity index (χ1n) is 6.59. The topological polar surface area (TPSA) is 63.2 Å². The number of halogens is 1. The minimum absolute atomic E-state index is 0.0853. The average molecular weight is 368 g/mol. The van der Waals surface area contributed by atoms with Crippen LogP contribution in [-0.4, -0.2) is 28.7 Å². The molecule has 7 heteroatoms. The van der Waals surface area contributed by atoms with E-state index in [1.54, 1.807) is 29.0 Å². The Kier molecular flexibility index (Phi) is 4.05. The number of pyridine rings is 2. The summed E-state index contributed by atoms with van der Waals surface area (Å²) in [4.78, 5) is 8.14. The zero-order chi connectivity index (χ0) is 14.9. The smallest absolute Gasteiger partial charge is 0.245 e. The molecule has 0 atom stereocenters. The largest absolute Gasteiger partial charge is 0.265 e. The fourth-order valence-electron chi connectivity index (χ4n) is 2.11. The van der Waals surface area contributed by atoms with Gasteiger partial charge in [-0.15, -0.1) is 0 Å². The second-order valence-electron chi connectivity index (χ2n) is 4.98. The van der Waals surface area contributed by atoms with Gasteiger partial charge in [0.2, 0.25) is 10.0 Å². The van der Waals surface area contributed by atoms with Crippen LogP contribution in [0.4, 0.5) is 0 Å².